The number of aliphatic hydroxyl groups is 1. The van der Waals surface area contributed by atoms with Crippen LogP contribution in [0.5, 0.6) is 0 Å². The lowest BCUT2D eigenvalue weighted by atomic mass is 10.1. The molecule has 0 fully saturated rings. The lowest BCUT2D eigenvalue weighted by molar-refractivity contribution is 0.275. The fourth-order valence-corrected chi connectivity index (χ4v) is 1.04. The molecule has 0 radical (unpaired) electrons. The minimum absolute atomic E-state index is 0.0394. The second-order valence-electron chi connectivity index (χ2n) is 2.86. The van der Waals surface area contributed by atoms with Crippen LogP contribution >= 0.6 is 0 Å². The van der Waals surface area contributed by atoms with Gasteiger partial charge >= 0.3 is 0 Å². The van der Waals surface area contributed by atoms with Gasteiger partial charge in [0.2, 0.25) is 0 Å². The number of benzene rings is 1. The van der Waals surface area contributed by atoms with E-state index in [9.17, 15) is 8.78 Å². The van der Waals surface area contributed by atoms with Crippen LogP contribution in [0.25, 0.3) is 5.57 Å². The van der Waals surface area contributed by atoms with Gasteiger partial charge in [0.25, 0.3) is 0 Å². The van der Waals surface area contributed by atoms with Crippen LogP contribution in [0.2, 0.25) is 0 Å². The van der Waals surface area contributed by atoms with E-state index in [2.05, 4.69) is 6.58 Å². The summed E-state index contributed by atoms with van der Waals surface area (Å²) in [4.78, 5) is 0. The first-order valence-electron chi connectivity index (χ1n) is 3.81. The van der Waals surface area contributed by atoms with Crippen LogP contribution in [-0.4, -0.2) is 5.11 Å². The van der Waals surface area contributed by atoms with Gasteiger partial charge in [0.1, 0.15) is 11.6 Å². The highest BCUT2D eigenvalue weighted by atomic mass is 19.1. The van der Waals surface area contributed by atoms with Crippen LogP contribution in [-0.2, 0) is 6.61 Å². The maximum Gasteiger partial charge on any atom is 0.131 e. The molecular formula is C10H10F2O. The van der Waals surface area contributed by atoms with Crippen LogP contribution < -0.4 is 0 Å². The maximum atomic E-state index is 13.1. The zero-order valence-corrected chi connectivity index (χ0v) is 7.27. The Balaban J connectivity index is 3.28. The number of aliphatic hydroxyl groups excluding tert-OH is 1. The Labute approximate surface area is 75.3 Å². The molecular weight excluding hydrogens is 174 g/mol. The summed E-state index contributed by atoms with van der Waals surface area (Å²) in [7, 11) is 0. The lowest BCUT2D eigenvalue weighted by Crippen LogP contribution is -1.95. The molecule has 1 N–H and O–H groups in total. The third kappa shape index (κ3) is 1.92. The summed E-state index contributed by atoms with van der Waals surface area (Å²) in [5, 5.41) is 8.64. The highest BCUT2D eigenvalue weighted by Gasteiger charge is 2.09. The van der Waals surface area contributed by atoms with Gasteiger partial charge < -0.3 is 5.11 Å². The SMILES string of the molecule is C=C(C)c1cc(F)c(CO)cc1F. The minimum atomic E-state index is -0.609. The molecule has 0 aliphatic carbocycles. The topological polar surface area (TPSA) is 20.2 Å². The van der Waals surface area contributed by atoms with Crippen molar-refractivity contribution in [1.29, 1.82) is 0 Å². The summed E-state index contributed by atoms with van der Waals surface area (Å²) in [5.41, 5.74) is 0.568. The predicted molar refractivity (Wildman–Crippen MR) is 47.0 cm³/mol. The average Bonchev–Trinajstić information content (AvgIpc) is 2.07. The Morgan fingerprint density at radius 1 is 1.38 bits per heavy atom. The Hall–Kier alpha value is -1.22. The van der Waals surface area contributed by atoms with Crippen molar-refractivity contribution in [3.63, 3.8) is 0 Å². The number of hydrogen-bond donors (Lipinski definition) is 1. The number of halogens is 2. The zero-order valence-electron chi connectivity index (χ0n) is 7.27. The van der Waals surface area contributed by atoms with Gasteiger partial charge in [-0.25, -0.2) is 8.78 Å². The smallest absolute Gasteiger partial charge is 0.131 e. The molecule has 0 unspecified atom stereocenters. The summed E-state index contributed by atoms with van der Waals surface area (Å²) in [5.74, 6) is -1.17. The fraction of sp³-hybridized carbons (Fsp3) is 0.200. The molecule has 13 heavy (non-hydrogen) atoms. The predicted octanol–water partition coefficient (Wildman–Crippen LogP) is 2.49. The third-order valence-electron chi connectivity index (χ3n) is 1.77. The number of hydrogen-bond acceptors (Lipinski definition) is 1. The zero-order chi connectivity index (χ0) is 10.0. The van der Waals surface area contributed by atoms with Crippen LogP contribution in [0.15, 0.2) is 18.7 Å². The van der Waals surface area contributed by atoms with Crippen molar-refractivity contribution in [2.45, 2.75) is 13.5 Å². The molecule has 1 nitrogen and oxygen atoms in total. The van der Waals surface area contributed by atoms with Crippen molar-refractivity contribution >= 4 is 5.57 Å². The molecule has 0 aliphatic heterocycles. The largest absolute Gasteiger partial charge is 0.392 e. The molecule has 0 spiro atoms. The molecule has 0 aromatic heterocycles. The van der Waals surface area contributed by atoms with E-state index in [4.69, 9.17) is 5.11 Å². The van der Waals surface area contributed by atoms with E-state index in [1.165, 1.54) is 0 Å². The summed E-state index contributed by atoms with van der Waals surface area (Å²) in [6, 6.07) is 2.03. The van der Waals surface area contributed by atoms with Gasteiger partial charge in [-0.05, 0) is 24.6 Å². The molecule has 1 rings (SSSR count). The molecule has 0 amide bonds. The van der Waals surface area contributed by atoms with Crippen molar-refractivity contribution in [2.24, 2.45) is 0 Å². The summed E-state index contributed by atoms with van der Waals surface area (Å²) in [6.07, 6.45) is 0. The van der Waals surface area contributed by atoms with Crippen LogP contribution in [0, 0.1) is 11.6 Å². The fourth-order valence-electron chi connectivity index (χ4n) is 1.04. The van der Waals surface area contributed by atoms with Crippen LogP contribution in [0.4, 0.5) is 8.78 Å². The van der Waals surface area contributed by atoms with Gasteiger partial charge in [-0.1, -0.05) is 6.58 Å². The van der Waals surface area contributed by atoms with Crippen LogP contribution in [0.1, 0.15) is 18.1 Å². The first-order valence-corrected chi connectivity index (χ1v) is 3.81. The first kappa shape index (κ1) is 9.86. The molecule has 70 valence electrons. The molecule has 0 heterocycles. The van der Waals surface area contributed by atoms with Crippen molar-refractivity contribution < 1.29 is 13.9 Å². The minimum Gasteiger partial charge on any atom is -0.392 e. The van der Waals surface area contributed by atoms with Gasteiger partial charge in [-0.15, -0.1) is 0 Å². The summed E-state index contributed by atoms with van der Waals surface area (Å²) >= 11 is 0. The van der Waals surface area contributed by atoms with E-state index in [0.717, 1.165) is 12.1 Å². The number of rotatable bonds is 2. The monoisotopic (exact) mass is 184 g/mol. The van der Waals surface area contributed by atoms with Gasteiger partial charge in [-0.3, -0.25) is 0 Å². The Morgan fingerprint density at radius 3 is 2.46 bits per heavy atom. The van der Waals surface area contributed by atoms with Crippen molar-refractivity contribution in [3.8, 4) is 0 Å². The van der Waals surface area contributed by atoms with E-state index in [-0.39, 0.29) is 11.1 Å². The average molecular weight is 184 g/mol. The molecule has 1 aromatic carbocycles. The second kappa shape index (κ2) is 3.66. The maximum absolute atomic E-state index is 13.1. The molecule has 3 heteroatoms. The van der Waals surface area contributed by atoms with E-state index in [0.29, 0.717) is 5.57 Å². The second-order valence-corrected chi connectivity index (χ2v) is 2.86. The van der Waals surface area contributed by atoms with Gasteiger partial charge in [0.15, 0.2) is 0 Å². The standard InChI is InChI=1S/C10H10F2O/c1-6(2)8-4-9(11)7(5-13)3-10(8)12/h3-4,13H,1,5H2,2H3. The quantitative estimate of drug-likeness (QED) is 0.748. The van der Waals surface area contributed by atoms with Gasteiger partial charge in [0, 0.05) is 11.1 Å². The van der Waals surface area contributed by atoms with Crippen molar-refractivity contribution in [3.05, 3.63) is 41.5 Å². The molecule has 1 aromatic rings. The van der Waals surface area contributed by atoms with Gasteiger partial charge in [0.05, 0.1) is 6.61 Å². The normalized spacial score (nSPS) is 10.2. The molecule has 0 saturated heterocycles. The van der Waals surface area contributed by atoms with E-state index in [1.54, 1.807) is 6.92 Å². The highest BCUT2D eigenvalue weighted by molar-refractivity contribution is 5.62. The van der Waals surface area contributed by atoms with Gasteiger partial charge in [-0.2, -0.15) is 0 Å². The molecule has 0 saturated carbocycles. The molecule has 0 atom stereocenters. The van der Waals surface area contributed by atoms with E-state index in [1.807, 2.05) is 0 Å². The summed E-state index contributed by atoms with van der Waals surface area (Å²) in [6.45, 7) is 4.61. The Morgan fingerprint density at radius 2 is 2.00 bits per heavy atom. The van der Waals surface area contributed by atoms with Crippen molar-refractivity contribution in [2.75, 3.05) is 0 Å². The molecule has 0 bridgehead atoms. The highest BCUT2D eigenvalue weighted by Crippen LogP contribution is 2.20. The summed E-state index contributed by atoms with van der Waals surface area (Å²) < 4.78 is 26.2. The first-order chi connectivity index (χ1) is 6.06. The molecule has 0 aliphatic rings. The Kier molecular flexibility index (Phi) is 2.78. The van der Waals surface area contributed by atoms with E-state index < -0.39 is 18.2 Å². The third-order valence-corrected chi connectivity index (χ3v) is 1.77. The lowest BCUT2D eigenvalue weighted by Gasteiger charge is -2.05. The number of allylic oxidation sites excluding steroid dienone is 1. The van der Waals surface area contributed by atoms with Crippen LogP contribution in [0.3, 0.4) is 0 Å². The van der Waals surface area contributed by atoms with E-state index >= 15 is 0 Å². The van der Waals surface area contributed by atoms with Crippen molar-refractivity contribution in [1.82, 2.24) is 0 Å². The Bertz CT molecular complexity index is 345.